The predicted octanol–water partition coefficient (Wildman–Crippen LogP) is -10.9. The van der Waals surface area contributed by atoms with Gasteiger partial charge < -0.3 is 0 Å². The molecule has 1 atom stereocenters. The molecule has 0 fully saturated rings. The van der Waals surface area contributed by atoms with Gasteiger partial charge in [-0.2, -0.15) is 0 Å². The van der Waals surface area contributed by atoms with Crippen LogP contribution in [0.2, 0.25) is 0 Å². The molecule has 0 spiro atoms. The molecule has 0 bridgehead atoms. The predicted molar refractivity (Wildman–Crippen MR) is 38.8 cm³/mol. The number of hydrogen-bond acceptors (Lipinski definition) is 7. The first-order valence-corrected chi connectivity index (χ1v) is 4.69. The van der Waals surface area contributed by atoms with Crippen LogP contribution in [0.25, 0.3) is 0 Å². The van der Waals surface area contributed by atoms with Gasteiger partial charge in [-0.15, -0.1) is 0 Å². The van der Waals surface area contributed by atoms with Gasteiger partial charge in [0.05, 0.1) is 0 Å². The molecule has 0 aliphatic rings. The number of carboxylic acids is 2. The minimum absolute atomic E-state index is 0. The molecule has 0 aromatic heterocycles. The molecule has 10 heteroatoms. The molecule has 0 saturated carbocycles. The van der Waals surface area contributed by atoms with Crippen molar-refractivity contribution < 1.29 is 135 Å². The van der Waals surface area contributed by atoms with E-state index in [0.29, 0.717) is 0 Å². The van der Waals surface area contributed by atoms with E-state index in [1.165, 1.54) is 0 Å². The number of rotatable bonds is 5. The van der Waals surface area contributed by atoms with Crippen molar-refractivity contribution in [2.24, 2.45) is 0 Å². The summed E-state index contributed by atoms with van der Waals surface area (Å²) in [7, 11) is 0. The summed E-state index contributed by atoms with van der Waals surface area (Å²) in [4.78, 5) is 31.1. The molecule has 0 amide bonds. The Balaban J connectivity index is -0.000000845. The van der Waals surface area contributed by atoms with E-state index in [9.17, 15) is 29.7 Å². The molecule has 16 heavy (non-hydrogen) atoms. The van der Waals surface area contributed by atoms with Crippen LogP contribution in [0.5, 0.6) is 0 Å². The first kappa shape index (κ1) is 23.5. The summed E-state index contributed by atoms with van der Waals surface area (Å²) in [6, 6.07) is 0. The molecule has 0 rings (SSSR count). The Labute approximate surface area is 191 Å². The molecule has 1 unspecified atom stereocenters. The Morgan fingerprint density at radius 3 is 1.88 bits per heavy atom. The van der Waals surface area contributed by atoms with Crippen LogP contribution >= 0.6 is 0 Å². The monoisotopic (exact) mass is 390 g/mol. The molecule has 0 saturated heterocycles. The van der Waals surface area contributed by atoms with Gasteiger partial charge in [-0.25, -0.2) is 0 Å². The first-order chi connectivity index (χ1) is 6.31. The van der Waals surface area contributed by atoms with E-state index in [1.54, 1.807) is 0 Å². The van der Waals surface area contributed by atoms with Gasteiger partial charge in [0.15, 0.2) is 0 Å². The summed E-state index contributed by atoms with van der Waals surface area (Å²) < 4.78 is 4.20. The van der Waals surface area contributed by atoms with Crippen molar-refractivity contribution in [3.05, 3.63) is 0 Å². The molecule has 7 nitrogen and oxygen atoms in total. The third kappa shape index (κ3) is 9.40. The maximum absolute atomic E-state index is 10.7. The first-order valence-electron chi connectivity index (χ1n) is 3.35. The summed E-state index contributed by atoms with van der Waals surface area (Å²) >= 11 is 0.0843. The van der Waals surface area contributed by atoms with Gasteiger partial charge in [0.1, 0.15) is 0 Å². The van der Waals surface area contributed by atoms with Crippen molar-refractivity contribution in [3.63, 3.8) is 0 Å². The van der Waals surface area contributed by atoms with Crippen LogP contribution in [0.4, 0.5) is 0 Å². The summed E-state index contributed by atoms with van der Waals surface area (Å²) in [5.41, 5.74) is -2.76. The third-order valence-electron chi connectivity index (χ3n) is 1.38. The van der Waals surface area contributed by atoms with Crippen LogP contribution in [-0.2, 0) is 17.4 Å². The average Bonchev–Trinajstić information content (AvgIpc) is 2.02. The minimum atomic E-state index is -2.76. The summed E-state index contributed by atoms with van der Waals surface area (Å²) in [6.07, 6.45) is -2.18. The van der Waals surface area contributed by atoms with Gasteiger partial charge in [0, 0.05) is 0 Å². The van der Waals surface area contributed by atoms with Gasteiger partial charge in [0.25, 0.3) is 0 Å². The molecule has 0 aliphatic carbocycles. The third-order valence-corrected chi connectivity index (χ3v) is 2.14. The number of carbonyl (C=O) groups excluding carboxylic acids is 3. The van der Waals surface area contributed by atoms with Gasteiger partial charge in [-0.1, -0.05) is 0 Å². The Morgan fingerprint density at radius 2 is 1.62 bits per heavy atom. The van der Waals surface area contributed by atoms with Crippen molar-refractivity contribution in [2.45, 2.75) is 18.4 Å². The normalized spacial score (nSPS) is 12.4. The minimum Gasteiger partial charge on any atom is 1.00 e. The van der Waals surface area contributed by atoms with Crippen LogP contribution < -0.4 is 113 Å². The molecule has 0 radical (unpaired) electrons. The zero-order chi connectivity index (χ0) is 11.4. The van der Waals surface area contributed by atoms with Crippen LogP contribution in [0.1, 0.15) is 12.8 Å². The Hall–Kier alpha value is 2.46. The van der Waals surface area contributed by atoms with Crippen molar-refractivity contribution in [1.29, 1.82) is 0 Å². The van der Waals surface area contributed by atoms with Gasteiger partial charge >= 0.3 is 195 Å². The number of aliphatic hydroxyl groups is 1. The Morgan fingerprint density at radius 1 is 1.19 bits per heavy atom. The molecule has 0 aliphatic heterocycles. The van der Waals surface area contributed by atoms with Gasteiger partial charge in [0.2, 0.25) is 0 Å². The van der Waals surface area contributed by atoms with E-state index >= 15 is 0 Å². The molecule has 0 aromatic carbocycles. The maximum Gasteiger partial charge on any atom is 1.00 e. The summed E-state index contributed by atoms with van der Waals surface area (Å²) in [6.45, 7) is 0. The molecule has 80 valence electrons. The van der Waals surface area contributed by atoms with Crippen molar-refractivity contribution in [2.75, 3.05) is 0 Å². The van der Waals surface area contributed by atoms with E-state index in [4.69, 9.17) is 0 Å². The van der Waals surface area contributed by atoms with Crippen molar-refractivity contribution >= 4 is 41.4 Å². The quantitative estimate of drug-likeness (QED) is 0.461. The maximum atomic E-state index is 10.7. The smallest absolute Gasteiger partial charge is 1.00 e. The second kappa shape index (κ2) is 11.3. The van der Waals surface area contributed by atoms with E-state index in [0.717, 1.165) is 0 Å². The number of carboxylic acid groups (broad SMARTS) is 2. The van der Waals surface area contributed by atoms with Crippen LogP contribution in [-0.4, -0.2) is 52.1 Å². The number of carbonyl (C=O) groups is 3. The Bertz CT molecular complexity index is 272. The summed E-state index contributed by atoms with van der Waals surface area (Å²) in [5.74, 6) is -4.84. The van der Waals surface area contributed by atoms with Crippen LogP contribution in [0, 0.1) is 0 Å². The van der Waals surface area contributed by atoms with Crippen LogP contribution in [0.3, 0.4) is 0 Å². The molecular formula is C6H7K2O7Sb. The Kier molecular flexibility index (Phi) is 16.6. The van der Waals surface area contributed by atoms with Crippen molar-refractivity contribution in [1.82, 2.24) is 0 Å². The van der Waals surface area contributed by atoms with E-state index in [-0.39, 0.29) is 126 Å². The topological polar surface area (TPSA) is 127 Å². The SMILES string of the molecule is O=C([O-])CC(O)(CC(=O)[O][SbH2])C(=O)[O-].[K+].[K+]. The summed E-state index contributed by atoms with van der Waals surface area (Å²) in [5, 5.41) is 29.6. The van der Waals surface area contributed by atoms with E-state index < -0.39 is 36.4 Å². The number of aliphatic carboxylic acids is 2. The zero-order valence-electron chi connectivity index (χ0n) is 8.89. The van der Waals surface area contributed by atoms with Crippen molar-refractivity contribution in [3.8, 4) is 0 Å². The molecule has 1 N–H and O–H groups in total. The fourth-order valence-corrected chi connectivity index (χ4v) is 0.964. The van der Waals surface area contributed by atoms with Gasteiger partial charge in [-0.3, -0.25) is 0 Å². The molecule has 0 heterocycles. The van der Waals surface area contributed by atoms with E-state index in [2.05, 4.69) is 3.02 Å². The van der Waals surface area contributed by atoms with E-state index in [1.807, 2.05) is 0 Å². The standard InChI is InChI=1S/C6H8O7.2K.Sb.2H/c7-3(8)1-6(13,5(11)12)2-4(9)10;;;;;/h13H,1-2H2,(H,7,8)(H,9,10)(H,11,12);;;;;/q;3*+1;;/p-3. The largest absolute Gasteiger partial charge is 1.00 e. The van der Waals surface area contributed by atoms with Crippen LogP contribution in [0.15, 0.2) is 0 Å². The average molecular weight is 391 g/mol. The zero-order valence-corrected chi connectivity index (χ0v) is 18.4. The van der Waals surface area contributed by atoms with Gasteiger partial charge in [-0.05, 0) is 0 Å². The second-order valence-corrected chi connectivity index (χ2v) is 3.21. The number of hydrogen-bond donors (Lipinski definition) is 1. The second-order valence-electron chi connectivity index (χ2n) is 2.53. The fourth-order valence-electron chi connectivity index (χ4n) is 0.726. The fraction of sp³-hybridized carbons (Fsp3) is 0.500. The molecular weight excluding hydrogens is 384 g/mol. The molecule has 0 aromatic rings.